The van der Waals surface area contributed by atoms with Gasteiger partial charge < -0.3 is 9.84 Å². The number of hydrogen-bond donors (Lipinski definition) is 1. The molecule has 3 aliphatic rings. The highest BCUT2D eigenvalue weighted by Gasteiger charge is 2.69. The molecule has 2 aliphatic heterocycles. The number of ether oxygens (including phenoxy) is 1. The van der Waals surface area contributed by atoms with Gasteiger partial charge in [0.2, 0.25) is 0 Å². The first kappa shape index (κ1) is 19.6. The smallest absolute Gasteiger partial charge is 0.173 e. The molecule has 1 aromatic heterocycles. The van der Waals surface area contributed by atoms with Crippen LogP contribution in [-0.4, -0.2) is 22.1 Å². The molecule has 29 heavy (non-hydrogen) atoms. The van der Waals surface area contributed by atoms with Crippen LogP contribution >= 0.6 is 34.5 Å². The molecule has 5 rings (SSSR count). The predicted molar refractivity (Wildman–Crippen MR) is 118 cm³/mol. The normalized spacial score (nSPS) is 33.1. The number of thiophene rings is 1. The molecule has 3 nitrogen and oxygen atoms in total. The summed E-state index contributed by atoms with van der Waals surface area (Å²) in [7, 11) is 0. The molecule has 1 aliphatic carbocycles. The number of carbonyl (C=O) groups excluding carboxylic acids is 1. The Labute approximate surface area is 184 Å². The van der Waals surface area contributed by atoms with Gasteiger partial charge in [-0.15, -0.1) is 11.3 Å². The van der Waals surface area contributed by atoms with Crippen molar-refractivity contribution in [2.24, 2.45) is 11.8 Å². The molecule has 4 atom stereocenters. The monoisotopic (exact) mass is 448 g/mol. The van der Waals surface area contributed by atoms with Crippen molar-refractivity contribution in [3.63, 3.8) is 0 Å². The van der Waals surface area contributed by atoms with E-state index in [1.54, 1.807) is 0 Å². The lowest BCUT2D eigenvalue weighted by atomic mass is 9.68. The molecule has 0 radical (unpaired) electrons. The lowest BCUT2D eigenvalue weighted by molar-refractivity contribution is -0.121. The van der Waals surface area contributed by atoms with Crippen LogP contribution in [0.3, 0.4) is 0 Å². The maximum Gasteiger partial charge on any atom is 0.173 e. The first-order valence-corrected chi connectivity index (χ1v) is 11.5. The lowest BCUT2D eigenvalue weighted by Gasteiger charge is -2.30. The van der Waals surface area contributed by atoms with Crippen molar-refractivity contribution < 1.29 is 14.6 Å². The fraction of sp³-hybridized carbons (Fsp3) is 0.435. The number of benzene rings is 1. The molecule has 2 unspecified atom stereocenters. The van der Waals surface area contributed by atoms with E-state index in [1.165, 1.54) is 11.3 Å². The summed E-state index contributed by atoms with van der Waals surface area (Å²) in [6, 6.07) is 7.83. The van der Waals surface area contributed by atoms with Gasteiger partial charge in [-0.3, -0.25) is 4.79 Å². The van der Waals surface area contributed by atoms with E-state index in [0.717, 1.165) is 41.5 Å². The van der Waals surface area contributed by atoms with Crippen molar-refractivity contribution in [3.05, 3.63) is 49.8 Å². The third-order valence-electron chi connectivity index (χ3n) is 7.04. The molecule has 2 aromatic rings. The van der Waals surface area contributed by atoms with Crippen LogP contribution in [0.5, 0.6) is 0 Å². The lowest BCUT2D eigenvalue weighted by Crippen LogP contribution is -2.39. The van der Waals surface area contributed by atoms with Gasteiger partial charge in [0, 0.05) is 5.56 Å². The summed E-state index contributed by atoms with van der Waals surface area (Å²) >= 11 is 13.8. The molecule has 0 amide bonds. The quantitative estimate of drug-likeness (QED) is 0.567. The van der Waals surface area contributed by atoms with Crippen molar-refractivity contribution in [1.82, 2.24) is 0 Å². The van der Waals surface area contributed by atoms with E-state index in [2.05, 4.69) is 6.92 Å². The van der Waals surface area contributed by atoms with Gasteiger partial charge in [0.15, 0.2) is 5.78 Å². The number of aliphatic hydroxyl groups is 1. The average molecular weight is 449 g/mol. The summed E-state index contributed by atoms with van der Waals surface area (Å²) < 4.78 is 7.50. The molecule has 2 bridgehead atoms. The Morgan fingerprint density at radius 2 is 1.83 bits per heavy atom. The molecule has 0 spiro atoms. The van der Waals surface area contributed by atoms with E-state index in [-0.39, 0.29) is 23.4 Å². The fourth-order valence-electron chi connectivity index (χ4n) is 5.68. The van der Waals surface area contributed by atoms with E-state index in [0.29, 0.717) is 14.2 Å². The molecule has 3 heterocycles. The van der Waals surface area contributed by atoms with E-state index in [4.69, 9.17) is 27.9 Å². The van der Waals surface area contributed by atoms with Crippen LogP contribution in [0.4, 0.5) is 0 Å². The zero-order valence-electron chi connectivity index (χ0n) is 16.5. The molecular weight excluding hydrogens is 427 g/mol. The van der Waals surface area contributed by atoms with Crippen molar-refractivity contribution in [2.75, 3.05) is 0 Å². The number of aryl methyl sites for hydroxylation is 1. The summed E-state index contributed by atoms with van der Waals surface area (Å²) in [6.07, 6.45) is 2.47. The molecule has 2 saturated heterocycles. The highest BCUT2D eigenvalue weighted by molar-refractivity contribution is 7.20. The number of aliphatic hydroxyl groups excluding tert-OH is 1. The Morgan fingerprint density at radius 3 is 2.41 bits per heavy atom. The van der Waals surface area contributed by atoms with Crippen LogP contribution < -0.4 is 0 Å². The molecule has 0 saturated carbocycles. The predicted octanol–water partition coefficient (Wildman–Crippen LogP) is 6.71. The number of allylic oxidation sites excluding steroid dienone is 1. The van der Waals surface area contributed by atoms with Crippen LogP contribution in [0.15, 0.2) is 30.0 Å². The van der Waals surface area contributed by atoms with Gasteiger partial charge in [-0.2, -0.15) is 0 Å². The number of fused-ring (bicyclic) bond motifs is 5. The fourth-order valence-corrected chi connectivity index (χ4v) is 7.19. The van der Waals surface area contributed by atoms with Gasteiger partial charge in [0.1, 0.15) is 10.1 Å². The van der Waals surface area contributed by atoms with Gasteiger partial charge >= 0.3 is 0 Å². The maximum atomic E-state index is 13.6. The number of Topliss-reactive ketones (excluding diaryl/α,β-unsaturated/α-hetero) is 1. The van der Waals surface area contributed by atoms with Crippen LogP contribution in [-0.2, 0) is 16.0 Å². The second-order valence-electron chi connectivity index (χ2n) is 8.77. The zero-order chi connectivity index (χ0) is 20.7. The summed E-state index contributed by atoms with van der Waals surface area (Å²) in [5.41, 5.74) is 3.05. The molecule has 2 fully saturated rings. The molecule has 6 heteroatoms. The third kappa shape index (κ3) is 2.62. The van der Waals surface area contributed by atoms with Crippen LogP contribution in [0.1, 0.15) is 44.7 Å². The number of carbonyl (C=O) groups is 1. The van der Waals surface area contributed by atoms with Gasteiger partial charge in [-0.05, 0) is 61.9 Å². The Morgan fingerprint density at radius 1 is 1.14 bits per heavy atom. The SMILES string of the molecule is CCc1ccc(-c2cc(Cl)sc2Cl)cc1C1=C(O)[C@H]2[C@@H](C1=O)C1(C)CCC2(C)O1. The van der Waals surface area contributed by atoms with Crippen molar-refractivity contribution in [3.8, 4) is 11.1 Å². The summed E-state index contributed by atoms with van der Waals surface area (Å²) in [5, 5.41) is 11.3. The summed E-state index contributed by atoms with van der Waals surface area (Å²) in [4.78, 5) is 13.6. The number of ketones is 1. The van der Waals surface area contributed by atoms with Crippen molar-refractivity contribution in [1.29, 1.82) is 0 Å². The third-order valence-corrected chi connectivity index (χ3v) is 8.53. The Hall–Kier alpha value is -1.33. The summed E-state index contributed by atoms with van der Waals surface area (Å²) in [6.45, 7) is 6.10. The standard InChI is InChI=1S/C23H22Cl2O3S/c1-4-11-5-6-12(14-10-15(24)29-21(14)25)9-13(11)16-19(26)17-18(20(16)27)23(3)8-7-22(17,2)28-23/h5-6,9-10,17-18,26H,4,7-8H2,1-3H3/t17-,18+,22?,23?/m1/s1. The Bertz CT molecular complexity index is 1090. The van der Waals surface area contributed by atoms with Gasteiger partial charge in [-0.1, -0.05) is 42.3 Å². The number of rotatable bonds is 3. The zero-order valence-corrected chi connectivity index (χ0v) is 18.8. The van der Waals surface area contributed by atoms with Crippen LogP contribution in [0.25, 0.3) is 16.7 Å². The van der Waals surface area contributed by atoms with Crippen LogP contribution in [0.2, 0.25) is 8.67 Å². The van der Waals surface area contributed by atoms with E-state index >= 15 is 0 Å². The second-order valence-corrected chi connectivity index (χ2v) is 11.1. The number of hydrogen-bond acceptors (Lipinski definition) is 4. The first-order valence-electron chi connectivity index (χ1n) is 9.94. The van der Waals surface area contributed by atoms with Gasteiger partial charge in [0.05, 0.1) is 32.9 Å². The molecule has 1 N–H and O–H groups in total. The molecular formula is C23H22Cl2O3S. The van der Waals surface area contributed by atoms with E-state index in [9.17, 15) is 9.90 Å². The molecule has 1 aromatic carbocycles. The highest BCUT2D eigenvalue weighted by atomic mass is 35.5. The molecule has 152 valence electrons. The second kappa shape index (κ2) is 6.34. The average Bonchev–Trinajstić information content (AvgIpc) is 3.33. The van der Waals surface area contributed by atoms with E-state index in [1.807, 2.05) is 38.1 Å². The first-order chi connectivity index (χ1) is 13.7. The summed E-state index contributed by atoms with van der Waals surface area (Å²) in [5.74, 6) is -0.396. The van der Waals surface area contributed by atoms with Gasteiger partial charge in [-0.25, -0.2) is 0 Å². The largest absolute Gasteiger partial charge is 0.511 e. The minimum atomic E-state index is -0.500. The van der Waals surface area contributed by atoms with Gasteiger partial charge in [0.25, 0.3) is 0 Å². The maximum absolute atomic E-state index is 13.6. The minimum Gasteiger partial charge on any atom is -0.511 e. The minimum absolute atomic E-state index is 0.000257. The Balaban J connectivity index is 1.68. The number of halogens is 2. The Kier molecular flexibility index (Phi) is 4.29. The van der Waals surface area contributed by atoms with Crippen molar-refractivity contribution >= 4 is 45.9 Å². The highest BCUT2D eigenvalue weighted by Crippen LogP contribution is 2.63. The van der Waals surface area contributed by atoms with E-state index < -0.39 is 11.2 Å². The topological polar surface area (TPSA) is 46.5 Å². The van der Waals surface area contributed by atoms with Crippen LogP contribution in [0, 0.1) is 11.8 Å². The van der Waals surface area contributed by atoms with Crippen molar-refractivity contribution in [2.45, 2.75) is 51.2 Å².